The summed E-state index contributed by atoms with van der Waals surface area (Å²) in [7, 11) is 0. The van der Waals surface area contributed by atoms with Crippen molar-refractivity contribution in [2.45, 2.75) is 27.7 Å². The van der Waals surface area contributed by atoms with E-state index in [9.17, 15) is 0 Å². The van der Waals surface area contributed by atoms with E-state index in [1.165, 1.54) is 0 Å². The first-order chi connectivity index (χ1) is 8.61. The molecule has 0 unspecified atom stereocenters. The van der Waals surface area contributed by atoms with Gasteiger partial charge in [0.05, 0.1) is 0 Å². The predicted molar refractivity (Wildman–Crippen MR) is 80.2 cm³/mol. The summed E-state index contributed by atoms with van der Waals surface area (Å²) in [4.78, 5) is 0. The molecule has 0 saturated heterocycles. The van der Waals surface area contributed by atoms with Crippen LogP contribution in [0.2, 0.25) is 0 Å². The summed E-state index contributed by atoms with van der Waals surface area (Å²) in [6.07, 6.45) is 18.3. The van der Waals surface area contributed by atoms with Gasteiger partial charge in [-0.15, -0.1) is 0 Å². The summed E-state index contributed by atoms with van der Waals surface area (Å²) < 4.78 is 0. The maximum atomic E-state index is 2.38. The van der Waals surface area contributed by atoms with Gasteiger partial charge in [-0.25, -0.2) is 0 Å². The number of allylic oxidation sites excluding steroid dienone is 8. The van der Waals surface area contributed by atoms with Crippen LogP contribution in [0, 0.1) is 35.5 Å². The Balaban J connectivity index is 2.25. The van der Waals surface area contributed by atoms with E-state index in [1.807, 2.05) is 0 Å². The minimum atomic E-state index is 0.625. The fourth-order valence-corrected chi connectivity index (χ4v) is 3.70. The molecule has 0 bridgehead atoms. The molecule has 0 radical (unpaired) electrons. The van der Waals surface area contributed by atoms with Crippen molar-refractivity contribution in [3.63, 3.8) is 0 Å². The van der Waals surface area contributed by atoms with E-state index in [-0.39, 0.29) is 0 Å². The van der Waals surface area contributed by atoms with Crippen LogP contribution in [0.4, 0.5) is 0 Å². The molecule has 2 atom stereocenters. The Morgan fingerprint density at radius 3 is 1.06 bits per heavy atom. The Kier molecular flexibility index (Phi) is 4.27. The van der Waals surface area contributed by atoms with Crippen LogP contribution in [0.3, 0.4) is 0 Å². The number of rotatable bonds is 5. The molecule has 0 fully saturated rings. The lowest BCUT2D eigenvalue weighted by Gasteiger charge is -2.38. The third kappa shape index (κ3) is 2.68. The van der Waals surface area contributed by atoms with Gasteiger partial charge in [0.2, 0.25) is 0 Å². The van der Waals surface area contributed by atoms with Crippen LogP contribution >= 0.6 is 0 Å². The molecule has 0 saturated carbocycles. The molecule has 0 amide bonds. The second-order valence-corrected chi connectivity index (χ2v) is 6.34. The predicted octanol–water partition coefficient (Wildman–Crippen LogP) is 5.02. The molecule has 0 aromatic heterocycles. The van der Waals surface area contributed by atoms with E-state index in [1.54, 1.807) is 0 Å². The third-order valence-corrected chi connectivity index (χ3v) is 4.43. The Bertz CT molecular complexity index is 317. The zero-order valence-electron chi connectivity index (χ0n) is 12.1. The monoisotopic (exact) mass is 242 g/mol. The van der Waals surface area contributed by atoms with E-state index in [2.05, 4.69) is 76.3 Å². The summed E-state index contributed by atoms with van der Waals surface area (Å²) in [6, 6.07) is 0. The van der Waals surface area contributed by atoms with E-state index in [0.717, 1.165) is 23.7 Å². The quantitative estimate of drug-likeness (QED) is 0.635. The molecule has 18 heavy (non-hydrogen) atoms. The van der Waals surface area contributed by atoms with Gasteiger partial charge in [-0.05, 0) is 35.5 Å². The van der Waals surface area contributed by atoms with Gasteiger partial charge in [-0.1, -0.05) is 76.3 Å². The van der Waals surface area contributed by atoms with E-state index < -0.39 is 0 Å². The summed E-state index contributed by atoms with van der Waals surface area (Å²) >= 11 is 0. The minimum absolute atomic E-state index is 0.625. The maximum Gasteiger partial charge on any atom is -0.00134 e. The summed E-state index contributed by atoms with van der Waals surface area (Å²) in [6.45, 7) is 9.51. The molecular weight excluding hydrogens is 216 g/mol. The van der Waals surface area contributed by atoms with Gasteiger partial charge < -0.3 is 0 Å². The van der Waals surface area contributed by atoms with Gasteiger partial charge in [0.15, 0.2) is 0 Å². The number of hydrogen-bond donors (Lipinski definition) is 0. The second-order valence-electron chi connectivity index (χ2n) is 6.34. The lowest BCUT2D eigenvalue weighted by atomic mass is 9.66. The van der Waals surface area contributed by atoms with Crippen molar-refractivity contribution in [2.75, 3.05) is 0 Å². The minimum Gasteiger partial charge on any atom is -0.0773 e. The van der Waals surface area contributed by atoms with Gasteiger partial charge >= 0.3 is 0 Å². The van der Waals surface area contributed by atoms with E-state index in [4.69, 9.17) is 0 Å². The summed E-state index contributed by atoms with van der Waals surface area (Å²) in [5.74, 6) is 4.16. The lowest BCUT2D eigenvalue weighted by molar-refractivity contribution is 0.144. The molecule has 0 N–H and O–H groups in total. The first-order valence-corrected chi connectivity index (χ1v) is 7.31. The van der Waals surface area contributed by atoms with Crippen molar-refractivity contribution in [1.82, 2.24) is 0 Å². The Morgan fingerprint density at radius 1 is 0.556 bits per heavy atom. The zero-order valence-corrected chi connectivity index (χ0v) is 12.1. The Labute approximate surface area is 112 Å². The first kappa shape index (κ1) is 13.4. The van der Waals surface area contributed by atoms with Crippen molar-refractivity contribution in [3.05, 3.63) is 48.6 Å². The van der Waals surface area contributed by atoms with Crippen LogP contribution in [-0.2, 0) is 0 Å². The van der Waals surface area contributed by atoms with Gasteiger partial charge in [-0.2, -0.15) is 0 Å². The van der Waals surface area contributed by atoms with Crippen molar-refractivity contribution < 1.29 is 0 Å². The van der Waals surface area contributed by atoms with Crippen LogP contribution in [0.25, 0.3) is 0 Å². The van der Waals surface area contributed by atoms with Crippen molar-refractivity contribution in [1.29, 1.82) is 0 Å². The molecule has 2 aliphatic carbocycles. The largest absolute Gasteiger partial charge is 0.0773 e. The molecule has 0 aromatic carbocycles. The zero-order chi connectivity index (χ0) is 13.1. The van der Waals surface area contributed by atoms with Crippen LogP contribution in [0.5, 0.6) is 0 Å². The highest BCUT2D eigenvalue weighted by molar-refractivity contribution is 5.23. The first-order valence-electron chi connectivity index (χ1n) is 7.31. The van der Waals surface area contributed by atoms with Crippen molar-refractivity contribution >= 4 is 0 Å². The normalized spacial score (nSPS) is 22.8. The van der Waals surface area contributed by atoms with Gasteiger partial charge in [0, 0.05) is 0 Å². The van der Waals surface area contributed by atoms with Crippen molar-refractivity contribution in [2.24, 2.45) is 35.5 Å². The highest BCUT2D eigenvalue weighted by Gasteiger charge is 2.35. The Morgan fingerprint density at radius 2 is 0.833 bits per heavy atom. The molecule has 0 aliphatic heterocycles. The molecule has 0 heteroatoms. The van der Waals surface area contributed by atoms with Crippen LogP contribution in [0.1, 0.15) is 27.7 Å². The lowest BCUT2D eigenvalue weighted by Crippen LogP contribution is -2.33. The fraction of sp³-hybridized carbons (Fsp3) is 0.556. The van der Waals surface area contributed by atoms with Crippen LogP contribution < -0.4 is 0 Å². The van der Waals surface area contributed by atoms with Crippen LogP contribution in [0.15, 0.2) is 48.6 Å². The van der Waals surface area contributed by atoms with Crippen LogP contribution in [-0.4, -0.2) is 0 Å². The highest BCUT2D eigenvalue weighted by Crippen LogP contribution is 2.42. The SMILES string of the molecule is CC(C)[C@H](C1C=CC=C1)[C@@H](C(C)C)C1C=CC=C1. The summed E-state index contributed by atoms with van der Waals surface area (Å²) in [5.41, 5.74) is 0. The Hall–Kier alpha value is -1.04. The van der Waals surface area contributed by atoms with E-state index >= 15 is 0 Å². The molecule has 2 aliphatic rings. The third-order valence-electron chi connectivity index (χ3n) is 4.43. The molecule has 0 aromatic rings. The average molecular weight is 242 g/mol. The molecule has 0 nitrogen and oxygen atoms in total. The molecular formula is C18H26. The van der Waals surface area contributed by atoms with Crippen molar-refractivity contribution in [3.8, 4) is 0 Å². The molecule has 0 heterocycles. The fourth-order valence-electron chi connectivity index (χ4n) is 3.70. The number of hydrogen-bond acceptors (Lipinski definition) is 0. The van der Waals surface area contributed by atoms with E-state index in [0.29, 0.717) is 11.8 Å². The molecule has 98 valence electrons. The van der Waals surface area contributed by atoms with Gasteiger partial charge in [-0.3, -0.25) is 0 Å². The second kappa shape index (κ2) is 5.73. The average Bonchev–Trinajstić information content (AvgIpc) is 2.97. The maximum absolute atomic E-state index is 2.38. The smallest absolute Gasteiger partial charge is 0.00134 e. The highest BCUT2D eigenvalue weighted by atomic mass is 14.4. The molecule has 0 spiro atoms. The summed E-state index contributed by atoms with van der Waals surface area (Å²) in [5, 5.41) is 0. The topological polar surface area (TPSA) is 0 Å². The standard InChI is InChI=1S/C18H26/c1-13(2)17(15-9-5-6-10-15)18(14(3)4)16-11-7-8-12-16/h5-18H,1-4H3/t17-,18+. The molecule has 2 rings (SSSR count). The van der Waals surface area contributed by atoms with Gasteiger partial charge in [0.25, 0.3) is 0 Å². The van der Waals surface area contributed by atoms with Gasteiger partial charge in [0.1, 0.15) is 0 Å².